The van der Waals surface area contributed by atoms with Crippen molar-refractivity contribution in [1.82, 2.24) is 5.32 Å². The molecule has 0 aliphatic carbocycles. The predicted molar refractivity (Wildman–Crippen MR) is 51.6 cm³/mol. The number of anilines is 1. The van der Waals surface area contributed by atoms with Crippen molar-refractivity contribution in [2.45, 2.75) is 0 Å². The Labute approximate surface area is 80.8 Å². The van der Waals surface area contributed by atoms with Gasteiger partial charge in [-0.2, -0.15) is 0 Å². The quantitative estimate of drug-likeness (QED) is 0.532. The summed E-state index contributed by atoms with van der Waals surface area (Å²) in [4.78, 5) is 23.7. The maximum absolute atomic E-state index is 11.3. The Balaban J connectivity index is 2.41. The van der Waals surface area contributed by atoms with Gasteiger partial charge >= 0.3 is 6.03 Å². The van der Waals surface area contributed by atoms with E-state index in [0.717, 1.165) is 0 Å². The summed E-state index contributed by atoms with van der Waals surface area (Å²) in [6, 6.07) is 8.44. The Morgan fingerprint density at radius 2 is 1.79 bits per heavy atom. The second-order valence-corrected chi connectivity index (χ2v) is 2.88. The van der Waals surface area contributed by atoms with E-state index in [4.69, 9.17) is 0 Å². The number of carbonyl (C=O) groups is 2. The Morgan fingerprint density at radius 3 is 2.29 bits per heavy atom. The zero-order valence-electron chi connectivity index (χ0n) is 7.36. The van der Waals surface area contributed by atoms with E-state index in [2.05, 4.69) is 11.9 Å². The third kappa shape index (κ3) is 1.17. The van der Waals surface area contributed by atoms with Crippen LogP contribution in [-0.4, -0.2) is 11.9 Å². The van der Waals surface area contributed by atoms with Crippen molar-refractivity contribution >= 4 is 17.6 Å². The number of benzene rings is 1. The molecular weight excluding hydrogens is 180 g/mol. The fourth-order valence-electron chi connectivity index (χ4n) is 1.30. The van der Waals surface area contributed by atoms with E-state index in [1.165, 1.54) is 4.90 Å². The van der Waals surface area contributed by atoms with E-state index in [9.17, 15) is 9.59 Å². The fraction of sp³-hybridized carbons (Fsp3) is 0. The molecule has 1 aliphatic rings. The Morgan fingerprint density at radius 1 is 1.14 bits per heavy atom. The van der Waals surface area contributed by atoms with Gasteiger partial charge in [0, 0.05) is 0 Å². The highest BCUT2D eigenvalue weighted by atomic mass is 16.2. The molecule has 0 saturated carbocycles. The maximum atomic E-state index is 11.3. The van der Waals surface area contributed by atoms with Crippen LogP contribution in [0.25, 0.3) is 0 Å². The van der Waals surface area contributed by atoms with E-state index in [1.807, 2.05) is 6.07 Å². The summed E-state index contributed by atoms with van der Waals surface area (Å²) in [6.45, 7) is 3.54. The lowest BCUT2D eigenvalue weighted by Gasteiger charge is -2.13. The van der Waals surface area contributed by atoms with Crippen molar-refractivity contribution in [2.24, 2.45) is 0 Å². The van der Waals surface area contributed by atoms with Crippen LogP contribution in [-0.2, 0) is 4.79 Å². The highest BCUT2D eigenvalue weighted by molar-refractivity contribution is 6.21. The van der Waals surface area contributed by atoms with Gasteiger partial charge in [-0.3, -0.25) is 15.0 Å². The molecule has 0 radical (unpaired) electrons. The number of rotatable bonds is 1. The molecule has 3 amide bonds. The number of nitrogens with one attached hydrogen (secondary N) is 1. The van der Waals surface area contributed by atoms with Crippen LogP contribution in [0.4, 0.5) is 10.5 Å². The number of imide groups is 1. The van der Waals surface area contributed by atoms with Gasteiger partial charge in [-0.15, -0.1) is 0 Å². The lowest BCUT2D eigenvalue weighted by atomic mass is 10.3. The molecule has 4 nitrogen and oxygen atoms in total. The molecular formula is C10H8N2O2. The van der Waals surface area contributed by atoms with Crippen LogP contribution < -0.4 is 10.2 Å². The van der Waals surface area contributed by atoms with Crippen LogP contribution in [0.5, 0.6) is 0 Å². The maximum Gasteiger partial charge on any atom is 0.333 e. The van der Waals surface area contributed by atoms with Crippen LogP contribution in [0.3, 0.4) is 0 Å². The van der Waals surface area contributed by atoms with Gasteiger partial charge in [0.1, 0.15) is 5.70 Å². The minimum Gasteiger partial charge on any atom is -0.272 e. The number of hydrogen-bond acceptors (Lipinski definition) is 2. The first-order valence-electron chi connectivity index (χ1n) is 4.09. The lowest BCUT2D eigenvalue weighted by molar-refractivity contribution is -0.115. The first kappa shape index (κ1) is 8.50. The molecule has 1 heterocycles. The summed E-state index contributed by atoms with van der Waals surface area (Å²) in [5.74, 6) is -0.446. The summed E-state index contributed by atoms with van der Waals surface area (Å²) in [7, 11) is 0. The van der Waals surface area contributed by atoms with Crippen molar-refractivity contribution in [2.75, 3.05) is 4.90 Å². The van der Waals surface area contributed by atoms with Gasteiger partial charge in [0.2, 0.25) is 0 Å². The molecule has 1 aromatic carbocycles. The molecule has 2 rings (SSSR count). The highest BCUT2D eigenvalue weighted by Gasteiger charge is 2.32. The highest BCUT2D eigenvalue weighted by Crippen LogP contribution is 2.21. The van der Waals surface area contributed by atoms with Crippen LogP contribution in [0.15, 0.2) is 42.6 Å². The molecule has 1 aliphatic heterocycles. The summed E-state index contributed by atoms with van der Waals surface area (Å²) < 4.78 is 0. The molecule has 0 unspecified atom stereocenters. The monoisotopic (exact) mass is 188 g/mol. The number of carbonyl (C=O) groups excluding carboxylic acids is 2. The standard InChI is InChI=1S/C10H8N2O2/c1-7-9(13)11-10(14)12(7)8-5-3-2-4-6-8/h2-6H,1H2,(H,11,13,14). The molecule has 0 bridgehead atoms. The number of para-hydroxylation sites is 1. The van der Waals surface area contributed by atoms with Crippen molar-refractivity contribution in [1.29, 1.82) is 0 Å². The fourth-order valence-corrected chi connectivity index (χ4v) is 1.30. The Kier molecular flexibility index (Phi) is 1.81. The van der Waals surface area contributed by atoms with Gasteiger partial charge in [-0.05, 0) is 12.1 Å². The van der Waals surface area contributed by atoms with E-state index < -0.39 is 11.9 Å². The van der Waals surface area contributed by atoms with Crippen LogP contribution >= 0.6 is 0 Å². The minimum atomic E-state index is -0.453. The summed E-state index contributed by atoms with van der Waals surface area (Å²) >= 11 is 0. The largest absolute Gasteiger partial charge is 0.333 e. The third-order valence-corrected chi connectivity index (χ3v) is 1.97. The first-order chi connectivity index (χ1) is 6.70. The average Bonchev–Trinajstić information content (AvgIpc) is 2.43. The van der Waals surface area contributed by atoms with Gasteiger partial charge in [0.05, 0.1) is 5.69 Å². The van der Waals surface area contributed by atoms with Crippen molar-refractivity contribution < 1.29 is 9.59 Å². The third-order valence-electron chi connectivity index (χ3n) is 1.97. The van der Waals surface area contributed by atoms with Gasteiger partial charge in [-0.1, -0.05) is 24.8 Å². The molecule has 4 heteroatoms. The van der Waals surface area contributed by atoms with Crippen molar-refractivity contribution in [3.8, 4) is 0 Å². The Bertz CT molecular complexity index is 411. The predicted octanol–water partition coefficient (Wildman–Crippen LogP) is 1.26. The zero-order chi connectivity index (χ0) is 10.1. The number of hydrogen-bond donors (Lipinski definition) is 1. The zero-order valence-corrected chi connectivity index (χ0v) is 7.36. The van der Waals surface area contributed by atoms with Crippen LogP contribution in [0.2, 0.25) is 0 Å². The van der Waals surface area contributed by atoms with Gasteiger partial charge in [0.25, 0.3) is 5.91 Å². The number of amides is 3. The van der Waals surface area contributed by atoms with E-state index in [1.54, 1.807) is 24.3 Å². The van der Waals surface area contributed by atoms with Crippen molar-refractivity contribution in [3.63, 3.8) is 0 Å². The van der Waals surface area contributed by atoms with Gasteiger partial charge in [-0.25, -0.2) is 4.79 Å². The van der Waals surface area contributed by atoms with E-state index in [0.29, 0.717) is 5.69 Å². The average molecular weight is 188 g/mol. The summed E-state index contributed by atoms with van der Waals surface area (Å²) in [5, 5.41) is 2.16. The van der Waals surface area contributed by atoms with Crippen LogP contribution in [0, 0.1) is 0 Å². The minimum absolute atomic E-state index is 0.154. The van der Waals surface area contributed by atoms with Crippen LogP contribution in [0.1, 0.15) is 0 Å². The molecule has 70 valence electrons. The van der Waals surface area contributed by atoms with Gasteiger partial charge in [0.15, 0.2) is 0 Å². The van der Waals surface area contributed by atoms with Gasteiger partial charge < -0.3 is 0 Å². The normalized spacial score (nSPS) is 16.0. The molecule has 1 N–H and O–H groups in total. The smallest absolute Gasteiger partial charge is 0.272 e. The molecule has 14 heavy (non-hydrogen) atoms. The second kappa shape index (κ2) is 2.99. The molecule has 1 fully saturated rings. The Hall–Kier alpha value is -2.10. The summed E-state index contributed by atoms with van der Waals surface area (Å²) in [5.41, 5.74) is 0.794. The number of nitrogens with zero attached hydrogens (tertiary/aromatic N) is 1. The molecule has 0 spiro atoms. The lowest BCUT2D eigenvalue weighted by Crippen LogP contribution is -2.27. The second-order valence-electron chi connectivity index (χ2n) is 2.88. The van der Waals surface area contributed by atoms with Crippen molar-refractivity contribution in [3.05, 3.63) is 42.6 Å². The molecule has 1 aromatic rings. The topological polar surface area (TPSA) is 49.4 Å². The van der Waals surface area contributed by atoms with E-state index >= 15 is 0 Å². The number of urea groups is 1. The molecule has 0 aromatic heterocycles. The molecule has 1 saturated heterocycles. The summed E-state index contributed by atoms with van der Waals surface area (Å²) in [6.07, 6.45) is 0. The van der Waals surface area contributed by atoms with E-state index in [-0.39, 0.29) is 5.70 Å². The first-order valence-corrected chi connectivity index (χ1v) is 4.09. The SMILES string of the molecule is C=C1C(=O)NC(=O)N1c1ccccc1. The molecule has 0 atom stereocenters.